The van der Waals surface area contributed by atoms with E-state index >= 15 is 0 Å². The Kier molecular flexibility index (Phi) is 4.47. The van der Waals surface area contributed by atoms with Crippen molar-refractivity contribution in [1.82, 2.24) is 14.7 Å². The first-order valence-corrected chi connectivity index (χ1v) is 5.85. The summed E-state index contributed by atoms with van der Waals surface area (Å²) in [6.07, 6.45) is -0.0600. The first-order chi connectivity index (χ1) is 8.36. The number of carboxylic acids is 1. The maximum Gasteiger partial charge on any atom is 0.307 e. The van der Waals surface area contributed by atoms with Crippen molar-refractivity contribution in [3.05, 3.63) is 17.0 Å². The van der Waals surface area contributed by atoms with Gasteiger partial charge in [-0.15, -0.1) is 0 Å². The second-order valence-corrected chi connectivity index (χ2v) is 4.29. The number of aliphatic carboxylic acids is 1. The lowest BCUT2D eigenvalue weighted by atomic mass is 10.1. The Morgan fingerprint density at radius 1 is 1.39 bits per heavy atom. The van der Waals surface area contributed by atoms with Gasteiger partial charge in [-0.05, 0) is 20.8 Å². The van der Waals surface area contributed by atoms with Crippen LogP contribution in [0.15, 0.2) is 0 Å². The molecule has 0 fully saturated rings. The Morgan fingerprint density at radius 3 is 2.50 bits per heavy atom. The highest BCUT2D eigenvalue weighted by Crippen LogP contribution is 2.14. The number of carbonyl (C=O) groups excluding carboxylic acids is 1. The van der Waals surface area contributed by atoms with Crippen LogP contribution >= 0.6 is 0 Å². The van der Waals surface area contributed by atoms with Crippen LogP contribution in [0.3, 0.4) is 0 Å². The van der Waals surface area contributed by atoms with Crippen molar-refractivity contribution >= 4 is 11.9 Å². The molecule has 100 valence electrons. The third-order valence-electron chi connectivity index (χ3n) is 3.04. The predicted molar refractivity (Wildman–Crippen MR) is 66.4 cm³/mol. The number of nitrogens with zero attached hydrogens (tertiary/aromatic N) is 3. The Morgan fingerprint density at radius 2 is 2.00 bits per heavy atom. The summed E-state index contributed by atoms with van der Waals surface area (Å²) in [7, 11) is 1.73. The Labute approximate surface area is 106 Å². The molecular formula is C12H19N3O3. The van der Waals surface area contributed by atoms with Crippen LogP contribution in [-0.2, 0) is 22.6 Å². The molecule has 6 heteroatoms. The summed E-state index contributed by atoms with van der Waals surface area (Å²) in [5.74, 6) is -0.928. The van der Waals surface area contributed by atoms with Gasteiger partial charge in [-0.25, -0.2) is 0 Å². The van der Waals surface area contributed by atoms with E-state index in [1.807, 2.05) is 6.92 Å². The van der Waals surface area contributed by atoms with Gasteiger partial charge in [0.2, 0.25) is 5.91 Å². The summed E-state index contributed by atoms with van der Waals surface area (Å²) in [4.78, 5) is 24.1. The largest absolute Gasteiger partial charge is 0.481 e. The lowest BCUT2D eigenvalue weighted by Crippen LogP contribution is -2.30. The molecule has 18 heavy (non-hydrogen) atoms. The number of rotatable bonds is 5. The van der Waals surface area contributed by atoms with Crippen molar-refractivity contribution in [1.29, 1.82) is 0 Å². The zero-order valence-corrected chi connectivity index (χ0v) is 11.2. The molecule has 1 N–H and O–H groups in total. The zero-order valence-electron chi connectivity index (χ0n) is 11.2. The van der Waals surface area contributed by atoms with Gasteiger partial charge in [-0.3, -0.25) is 14.3 Å². The van der Waals surface area contributed by atoms with Gasteiger partial charge in [-0.2, -0.15) is 5.10 Å². The molecule has 0 aromatic carbocycles. The molecule has 1 amide bonds. The normalized spacial score (nSPS) is 10.4. The molecule has 0 spiro atoms. The third-order valence-corrected chi connectivity index (χ3v) is 3.04. The molecule has 1 heterocycles. The van der Waals surface area contributed by atoms with Crippen molar-refractivity contribution in [2.24, 2.45) is 0 Å². The topological polar surface area (TPSA) is 75.4 Å². The molecule has 0 saturated heterocycles. The molecule has 0 atom stereocenters. The highest BCUT2D eigenvalue weighted by molar-refractivity contribution is 5.76. The maximum absolute atomic E-state index is 11.8. The fourth-order valence-electron chi connectivity index (χ4n) is 1.72. The van der Waals surface area contributed by atoms with Gasteiger partial charge in [0.25, 0.3) is 0 Å². The minimum absolute atomic E-state index is 0.0371. The van der Waals surface area contributed by atoms with Gasteiger partial charge in [0.05, 0.1) is 12.1 Å². The average Bonchev–Trinajstić information content (AvgIpc) is 2.55. The van der Waals surface area contributed by atoms with Crippen LogP contribution in [0.4, 0.5) is 0 Å². The van der Waals surface area contributed by atoms with Crippen molar-refractivity contribution in [2.75, 3.05) is 13.6 Å². The monoisotopic (exact) mass is 253 g/mol. The van der Waals surface area contributed by atoms with E-state index in [1.54, 1.807) is 30.5 Å². The number of carbonyl (C=O) groups is 2. The molecule has 0 bridgehead atoms. The van der Waals surface area contributed by atoms with E-state index in [0.29, 0.717) is 17.8 Å². The van der Waals surface area contributed by atoms with Crippen LogP contribution in [0.25, 0.3) is 0 Å². The highest BCUT2D eigenvalue weighted by Gasteiger charge is 2.17. The van der Waals surface area contributed by atoms with Gasteiger partial charge in [0, 0.05) is 24.8 Å². The first kappa shape index (κ1) is 14.2. The van der Waals surface area contributed by atoms with Crippen molar-refractivity contribution in [2.45, 2.75) is 33.7 Å². The number of likely N-dealkylation sites (N-methyl/N-ethyl adjacent to an activating group) is 1. The molecule has 0 aliphatic carbocycles. The van der Waals surface area contributed by atoms with E-state index in [0.717, 1.165) is 5.69 Å². The van der Waals surface area contributed by atoms with E-state index in [1.165, 1.54) is 0 Å². The van der Waals surface area contributed by atoms with E-state index < -0.39 is 5.97 Å². The van der Waals surface area contributed by atoms with Crippen LogP contribution < -0.4 is 0 Å². The number of amides is 1. The van der Waals surface area contributed by atoms with E-state index in [9.17, 15) is 9.59 Å². The summed E-state index contributed by atoms with van der Waals surface area (Å²) in [5, 5.41) is 13.0. The number of carboxylic acid groups (broad SMARTS) is 1. The Bertz CT molecular complexity index is 465. The first-order valence-electron chi connectivity index (χ1n) is 5.85. The minimum atomic E-state index is -0.891. The fourth-order valence-corrected chi connectivity index (χ4v) is 1.72. The second kappa shape index (κ2) is 5.66. The van der Waals surface area contributed by atoms with Gasteiger partial charge in [-0.1, -0.05) is 0 Å². The lowest BCUT2D eigenvalue weighted by Gasteiger charge is -2.14. The third kappa shape index (κ3) is 3.09. The number of aryl methyl sites for hydroxylation is 1. The SMILES string of the molecule is CCN(C)C(=O)Cn1nc(C)c(CC(=O)O)c1C. The molecule has 6 nitrogen and oxygen atoms in total. The smallest absolute Gasteiger partial charge is 0.307 e. The van der Waals surface area contributed by atoms with Crippen LogP contribution in [-0.4, -0.2) is 45.3 Å². The highest BCUT2D eigenvalue weighted by atomic mass is 16.4. The number of aromatic nitrogens is 2. The van der Waals surface area contributed by atoms with Crippen LogP contribution in [0.1, 0.15) is 23.9 Å². The van der Waals surface area contributed by atoms with E-state index in [-0.39, 0.29) is 18.9 Å². The minimum Gasteiger partial charge on any atom is -0.481 e. The summed E-state index contributed by atoms with van der Waals surface area (Å²) < 4.78 is 1.57. The van der Waals surface area contributed by atoms with Gasteiger partial charge < -0.3 is 10.0 Å². The number of hydrogen-bond donors (Lipinski definition) is 1. The molecular weight excluding hydrogens is 234 g/mol. The molecule has 0 radical (unpaired) electrons. The lowest BCUT2D eigenvalue weighted by molar-refractivity contribution is -0.136. The number of hydrogen-bond acceptors (Lipinski definition) is 3. The molecule has 1 aromatic rings. The van der Waals surface area contributed by atoms with Gasteiger partial charge >= 0.3 is 5.97 Å². The average molecular weight is 253 g/mol. The van der Waals surface area contributed by atoms with E-state index in [4.69, 9.17) is 5.11 Å². The summed E-state index contributed by atoms with van der Waals surface area (Å²) in [6.45, 7) is 6.24. The summed E-state index contributed by atoms with van der Waals surface area (Å²) >= 11 is 0. The standard InChI is InChI=1S/C12H19N3O3/c1-5-14(4)11(16)7-15-9(3)10(6-12(17)18)8(2)13-15/h5-7H2,1-4H3,(H,17,18). The summed E-state index contributed by atoms with van der Waals surface area (Å²) in [5.41, 5.74) is 2.10. The molecule has 0 unspecified atom stereocenters. The van der Waals surface area contributed by atoms with Gasteiger partial charge in [0.15, 0.2) is 0 Å². The van der Waals surface area contributed by atoms with Crippen molar-refractivity contribution in [3.63, 3.8) is 0 Å². The Hall–Kier alpha value is -1.85. The summed E-state index contributed by atoms with van der Waals surface area (Å²) in [6, 6.07) is 0. The Balaban J connectivity index is 2.92. The molecule has 0 saturated carbocycles. The van der Waals surface area contributed by atoms with Crippen LogP contribution in [0, 0.1) is 13.8 Å². The quantitative estimate of drug-likeness (QED) is 0.834. The van der Waals surface area contributed by atoms with Gasteiger partial charge in [0.1, 0.15) is 6.54 Å². The molecule has 1 aromatic heterocycles. The molecule has 1 rings (SSSR count). The molecule has 0 aliphatic heterocycles. The fraction of sp³-hybridized carbons (Fsp3) is 0.583. The van der Waals surface area contributed by atoms with E-state index in [2.05, 4.69) is 5.10 Å². The van der Waals surface area contributed by atoms with Crippen LogP contribution in [0.2, 0.25) is 0 Å². The van der Waals surface area contributed by atoms with Crippen molar-refractivity contribution < 1.29 is 14.7 Å². The zero-order chi connectivity index (χ0) is 13.9. The molecule has 0 aliphatic rings. The van der Waals surface area contributed by atoms with Crippen LogP contribution in [0.5, 0.6) is 0 Å². The predicted octanol–water partition coefficient (Wildman–Crippen LogP) is 0.605. The van der Waals surface area contributed by atoms with Crippen molar-refractivity contribution in [3.8, 4) is 0 Å². The second-order valence-electron chi connectivity index (χ2n) is 4.29. The maximum atomic E-state index is 11.8.